The molecular formula is C16H13ClFNO2. The topological polar surface area (TPSA) is 41.8 Å². The maximum Gasteiger partial charge on any atom is 0.142 e. The van der Waals surface area contributed by atoms with Gasteiger partial charge in [-0.25, -0.2) is 4.39 Å². The van der Waals surface area contributed by atoms with Gasteiger partial charge in [0, 0.05) is 16.7 Å². The molecular weight excluding hydrogens is 293 g/mol. The molecule has 21 heavy (non-hydrogen) atoms. The normalized spacial score (nSPS) is 15.2. The first-order valence-electron chi connectivity index (χ1n) is 6.59. The predicted octanol–water partition coefficient (Wildman–Crippen LogP) is 4.18. The number of nitrogens with zero attached hydrogens (tertiary/aromatic N) is 1. The van der Waals surface area contributed by atoms with Crippen LogP contribution in [-0.4, -0.2) is 10.9 Å². The second-order valence-electron chi connectivity index (χ2n) is 4.83. The summed E-state index contributed by atoms with van der Waals surface area (Å²) in [6, 6.07) is 10.3. The first-order chi connectivity index (χ1) is 10.2. The predicted molar refractivity (Wildman–Crippen MR) is 78.8 cm³/mol. The molecule has 0 aromatic heterocycles. The van der Waals surface area contributed by atoms with Gasteiger partial charge in [0.2, 0.25) is 0 Å². The fourth-order valence-electron chi connectivity index (χ4n) is 2.53. The van der Waals surface area contributed by atoms with E-state index in [1.165, 1.54) is 6.07 Å². The minimum Gasteiger partial charge on any atom is -0.489 e. The third-order valence-electron chi connectivity index (χ3n) is 3.59. The van der Waals surface area contributed by atoms with Crippen molar-refractivity contribution in [2.45, 2.75) is 19.4 Å². The SMILES string of the molecule is O/N=C1/CCc2c(OCc3cccc(F)c3Cl)cccc21. The van der Waals surface area contributed by atoms with Gasteiger partial charge < -0.3 is 9.94 Å². The van der Waals surface area contributed by atoms with Crippen LogP contribution in [0.1, 0.15) is 23.1 Å². The van der Waals surface area contributed by atoms with Crippen LogP contribution in [-0.2, 0) is 13.0 Å². The van der Waals surface area contributed by atoms with Crippen LogP contribution >= 0.6 is 11.6 Å². The second-order valence-corrected chi connectivity index (χ2v) is 5.21. The van der Waals surface area contributed by atoms with E-state index in [0.29, 0.717) is 23.4 Å². The molecule has 0 spiro atoms. The Morgan fingerprint density at radius 2 is 2.00 bits per heavy atom. The highest BCUT2D eigenvalue weighted by Gasteiger charge is 2.21. The van der Waals surface area contributed by atoms with Crippen molar-refractivity contribution in [3.05, 3.63) is 63.9 Å². The Kier molecular flexibility index (Phi) is 3.80. The minimum absolute atomic E-state index is 0.0858. The van der Waals surface area contributed by atoms with Gasteiger partial charge in [-0.2, -0.15) is 0 Å². The van der Waals surface area contributed by atoms with Gasteiger partial charge in [0.25, 0.3) is 0 Å². The van der Waals surface area contributed by atoms with Crippen LogP contribution in [0, 0.1) is 5.82 Å². The Morgan fingerprint density at radius 3 is 2.81 bits per heavy atom. The van der Waals surface area contributed by atoms with Crippen molar-refractivity contribution >= 4 is 17.3 Å². The number of fused-ring (bicyclic) bond motifs is 1. The van der Waals surface area contributed by atoms with Gasteiger partial charge in [0.05, 0.1) is 10.7 Å². The Hall–Kier alpha value is -2.07. The smallest absolute Gasteiger partial charge is 0.142 e. The van der Waals surface area contributed by atoms with Crippen LogP contribution in [0.2, 0.25) is 5.02 Å². The van der Waals surface area contributed by atoms with Crippen LogP contribution in [0.3, 0.4) is 0 Å². The molecule has 2 aromatic carbocycles. The molecule has 108 valence electrons. The highest BCUT2D eigenvalue weighted by molar-refractivity contribution is 6.31. The molecule has 0 atom stereocenters. The molecule has 1 aliphatic rings. The van der Waals surface area contributed by atoms with Crippen LogP contribution in [0.4, 0.5) is 4.39 Å². The third-order valence-corrected chi connectivity index (χ3v) is 4.01. The lowest BCUT2D eigenvalue weighted by atomic mass is 10.1. The van der Waals surface area contributed by atoms with Crippen molar-refractivity contribution in [1.29, 1.82) is 0 Å². The van der Waals surface area contributed by atoms with Gasteiger partial charge in [-0.05, 0) is 25.0 Å². The first kappa shape index (κ1) is 13.9. The van der Waals surface area contributed by atoms with E-state index in [-0.39, 0.29) is 11.6 Å². The number of halogens is 2. The molecule has 2 aromatic rings. The lowest BCUT2D eigenvalue weighted by Gasteiger charge is -2.11. The van der Waals surface area contributed by atoms with Gasteiger partial charge in [-0.1, -0.05) is 41.0 Å². The number of rotatable bonds is 3. The Morgan fingerprint density at radius 1 is 1.19 bits per heavy atom. The lowest BCUT2D eigenvalue weighted by molar-refractivity contribution is 0.303. The van der Waals surface area contributed by atoms with Crippen molar-refractivity contribution in [3.8, 4) is 5.75 Å². The molecule has 0 bridgehead atoms. The number of hydrogen-bond acceptors (Lipinski definition) is 3. The number of hydrogen-bond donors (Lipinski definition) is 1. The summed E-state index contributed by atoms with van der Waals surface area (Å²) >= 11 is 5.92. The zero-order chi connectivity index (χ0) is 14.8. The quantitative estimate of drug-likeness (QED) is 0.682. The summed E-state index contributed by atoms with van der Waals surface area (Å²) in [5, 5.41) is 12.4. The average molecular weight is 306 g/mol. The Labute approximate surface area is 126 Å². The molecule has 0 saturated carbocycles. The van der Waals surface area contributed by atoms with Crippen molar-refractivity contribution < 1.29 is 14.3 Å². The molecule has 0 aliphatic heterocycles. The maximum absolute atomic E-state index is 13.4. The fraction of sp³-hybridized carbons (Fsp3) is 0.188. The highest BCUT2D eigenvalue weighted by atomic mass is 35.5. The standard InChI is InChI=1S/C16H13ClFNO2/c17-16-10(3-1-5-13(16)18)9-21-15-6-2-4-11-12(15)7-8-14(11)19-20/h1-6,20H,7-9H2/b19-14-. The van der Waals surface area contributed by atoms with Gasteiger partial charge in [0.15, 0.2) is 0 Å². The summed E-state index contributed by atoms with van der Waals surface area (Å²) in [7, 11) is 0. The number of oxime groups is 1. The van der Waals surface area contributed by atoms with E-state index >= 15 is 0 Å². The molecule has 0 unspecified atom stereocenters. The second kappa shape index (κ2) is 5.74. The van der Waals surface area contributed by atoms with Crippen molar-refractivity contribution in [2.75, 3.05) is 0 Å². The van der Waals surface area contributed by atoms with Crippen molar-refractivity contribution in [2.24, 2.45) is 5.16 Å². The highest BCUT2D eigenvalue weighted by Crippen LogP contribution is 2.32. The van der Waals surface area contributed by atoms with Crippen LogP contribution in [0.5, 0.6) is 5.75 Å². The summed E-state index contributed by atoms with van der Waals surface area (Å²) < 4.78 is 19.2. The van der Waals surface area contributed by atoms with E-state index in [0.717, 1.165) is 17.5 Å². The summed E-state index contributed by atoms with van der Waals surface area (Å²) in [4.78, 5) is 0. The molecule has 3 rings (SSSR count). The van der Waals surface area contributed by atoms with Gasteiger partial charge in [-0.3, -0.25) is 0 Å². The molecule has 5 heteroatoms. The van der Waals surface area contributed by atoms with E-state index in [9.17, 15) is 4.39 Å². The summed E-state index contributed by atoms with van der Waals surface area (Å²) in [6.07, 6.45) is 1.45. The van der Waals surface area contributed by atoms with E-state index in [1.807, 2.05) is 18.2 Å². The van der Waals surface area contributed by atoms with Gasteiger partial charge in [-0.15, -0.1) is 0 Å². The Balaban J connectivity index is 1.84. The van der Waals surface area contributed by atoms with Crippen molar-refractivity contribution in [1.82, 2.24) is 0 Å². The molecule has 0 saturated heterocycles. The molecule has 0 fully saturated rings. The molecule has 0 amide bonds. The van der Waals surface area contributed by atoms with Crippen molar-refractivity contribution in [3.63, 3.8) is 0 Å². The molecule has 1 N–H and O–H groups in total. The van der Waals surface area contributed by atoms with Crippen LogP contribution < -0.4 is 4.74 Å². The van der Waals surface area contributed by atoms with E-state index in [4.69, 9.17) is 21.5 Å². The zero-order valence-electron chi connectivity index (χ0n) is 11.1. The number of benzene rings is 2. The maximum atomic E-state index is 13.4. The fourth-order valence-corrected chi connectivity index (χ4v) is 2.71. The molecule has 0 radical (unpaired) electrons. The monoisotopic (exact) mass is 305 g/mol. The minimum atomic E-state index is -0.453. The van der Waals surface area contributed by atoms with E-state index in [2.05, 4.69) is 5.16 Å². The molecule has 0 heterocycles. The van der Waals surface area contributed by atoms with E-state index in [1.54, 1.807) is 12.1 Å². The summed E-state index contributed by atoms with van der Waals surface area (Å²) in [5.74, 6) is 0.261. The van der Waals surface area contributed by atoms with Crippen LogP contribution in [0.25, 0.3) is 0 Å². The van der Waals surface area contributed by atoms with E-state index < -0.39 is 5.82 Å². The zero-order valence-corrected chi connectivity index (χ0v) is 11.9. The molecule has 1 aliphatic carbocycles. The Bertz CT molecular complexity index is 715. The summed E-state index contributed by atoms with van der Waals surface area (Å²) in [6.45, 7) is 0.193. The largest absolute Gasteiger partial charge is 0.489 e. The third kappa shape index (κ3) is 2.59. The van der Waals surface area contributed by atoms with Crippen LogP contribution in [0.15, 0.2) is 41.6 Å². The van der Waals surface area contributed by atoms with Gasteiger partial charge >= 0.3 is 0 Å². The lowest BCUT2D eigenvalue weighted by Crippen LogP contribution is -2.00. The van der Waals surface area contributed by atoms with Gasteiger partial charge in [0.1, 0.15) is 18.2 Å². The first-order valence-corrected chi connectivity index (χ1v) is 6.97. The number of ether oxygens (including phenoxy) is 1. The average Bonchev–Trinajstić information content (AvgIpc) is 2.92. The molecule has 3 nitrogen and oxygen atoms in total. The summed E-state index contributed by atoms with van der Waals surface area (Å²) in [5.41, 5.74) is 3.18.